The van der Waals surface area contributed by atoms with E-state index >= 15 is 0 Å². The molecular weight excluding hydrogens is 835 g/mol. The number of rotatable bonds is 9. The van der Waals surface area contributed by atoms with Gasteiger partial charge >= 0.3 is 0 Å². The summed E-state index contributed by atoms with van der Waals surface area (Å²) in [6, 6.07) is 99.3. The summed E-state index contributed by atoms with van der Waals surface area (Å²) < 4.78 is 6.20. The minimum Gasteiger partial charge on any atom is -0.456 e. The molecule has 0 radical (unpaired) electrons. The first-order valence-corrected chi connectivity index (χ1v) is 23.7. The summed E-state index contributed by atoms with van der Waals surface area (Å²) in [5.74, 6) is 0. The molecule has 0 saturated heterocycles. The number of para-hydroxylation sites is 1. The topological polar surface area (TPSA) is 16.4 Å². The van der Waals surface area contributed by atoms with Gasteiger partial charge in [0.2, 0.25) is 0 Å². The third-order valence-electron chi connectivity index (χ3n) is 14.2. The largest absolute Gasteiger partial charge is 0.456 e. The van der Waals surface area contributed by atoms with Crippen LogP contribution in [0.15, 0.2) is 277 Å². The molecule has 69 heavy (non-hydrogen) atoms. The van der Waals surface area contributed by atoms with Crippen molar-refractivity contribution in [3.63, 3.8) is 0 Å². The molecule has 13 rings (SSSR count). The van der Waals surface area contributed by atoms with Crippen molar-refractivity contribution in [2.45, 2.75) is 5.41 Å². The van der Waals surface area contributed by atoms with E-state index in [1.54, 1.807) is 0 Å². The van der Waals surface area contributed by atoms with E-state index in [-0.39, 0.29) is 0 Å². The van der Waals surface area contributed by atoms with Crippen LogP contribution in [0.5, 0.6) is 0 Å². The molecule has 0 aliphatic heterocycles. The van der Waals surface area contributed by atoms with E-state index in [9.17, 15) is 0 Å². The smallest absolute Gasteiger partial charge is 0.135 e. The molecule has 12 aromatic rings. The number of nitrogens with zero attached hydrogens (tertiary/aromatic N) is 1. The highest BCUT2D eigenvalue weighted by molar-refractivity contribution is 6.06. The number of anilines is 3. The predicted molar refractivity (Wildman–Crippen MR) is 287 cm³/mol. The Hall–Kier alpha value is -8.98. The van der Waals surface area contributed by atoms with E-state index in [1.807, 2.05) is 12.1 Å². The van der Waals surface area contributed by atoms with Crippen molar-refractivity contribution in [2.75, 3.05) is 4.90 Å². The highest BCUT2D eigenvalue weighted by atomic mass is 16.3. The monoisotopic (exact) mass is 879 g/mol. The SMILES string of the molecule is c1ccc(-c2ccc(-c3ccc(N(c4ccc(-c5ccc6oc7ccccc7c6c5)cc4)c4cccc5c4-c4ccccc4C5(c4ccccc4)c4ccccc4)cc3)cc2-c2ccccc2)cc1. The van der Waals surface area contributed by atoms with Gasteiger partial charge in [0.05, 0.1) is 11.1 Å². The molecule has 0 atom stereocenters. The Morgan fingerprint density at radius 1 is 0.290 bits per heavy atom. The maximum absolute atomic E-state index is 6.20. The summed E-state index contributed by atoms with van der Waals surface area (Å²) in [4.78, 5) is 2.45. The van der Waals surface area contributed by atoms with Gasteiger partial charge in [0.1, 0.15) is 11.2 Å². The number of hydrogen-bond acceptors (Lipinski definition) is 2. The molecule has 0 amide bonds. The summed E-state index contributed by atoms with van der Waals surface area (Å²) in [7, 11) is 0. The molecule has 324 valence electrons. The van der Waals surface area contributed by atoms with E-state index in [0.29, 0.717) is 0 Å². The first-order valence-electron chi connectivity index (χ1n) is 23.7. The van der Waals surface area contributed by atoms with Gasteiger partial charge in [-0.25, -0.2) is 0 Å². The number of furan rings is 1. The fourth-order valence-corrected chi connectivity index (χ4v) is 11.0. The van der Waals surface area contributed by atoms with Crippen molar-refractivity contribution in [2.24, 2.45) is 0 Å². The average Bonchev–Trinajstić information content (AvgIpc) is 3.96. The highest BCUT2D eigenvalue weighted by Gasteiger charge is 2.47. The van der Waals surface area contributed by atoms with Crippen LogP contribution in [-0.4, -0.2) is 0 Å². The number of benzene rings is 11. The van der Waals surface area contributed by atoms with Gasteiger partial charge in [-0.2, -0.15) is 0 Å². The maximum Gasteiger partial charge on any atom is 0.135 e. The zero-order valence-electron chi connectivity index (χ0n) is 37.8. The van der Waals surface area contributed by atoms with Crippen LogP contribution in [0.1, 0.15) is 22.3 Å². The summed E-state index contributed by atoms with van der Waals surface area (Å²) in [5, 5.41) is 2.25. The molecule has 0 saturated carbocycles. The van der Waals surface area contributed by atoms with Gasteiger partial charge in [-0.1, -0.05) is 218 Å². The van der Waals surface area contributed by atoms with E-state index in [4.69, 9.17) is 4.42 Å². The molecule has 1 aliphatic rings. The summed E-state index contributed by atoms with van der Waals surface area (Å²) in [6.45, 7) is 0. The van der Waals surface area contributed by atoms with Crippen LogP contribution >= 0.6 is 0 Å². The Bertz CT molecular complexity index is 3760. The van der Waals surface area contributed by atoms with Crippen LogP contribution in [0.2, 0.25) is 0 Å². The fraction of sp³-hybridized carbons (Fsp3) is 0.0149. The second kappa shape index (κ2) is 16.7. The Balaban J connectivity index is 0.981. The summed E-state index contributed by atoms with van der Waals surface area (Å²) in [5.41, 5.74) is 21.5. The zero-order valence-corrected chi connectivity index (χ0v) is 37.8. The minimum absolute atomic E-state index is 0.526. The Morgan fingerprint density at radius 3 is 1.43 bits per heavy atom. The van der Waals surface area contributed by atoms with E-state index in [0.717, 1.165) is 55.7 Å². The lowest BCUT2D eigenvalue weighted by Crippen LogP contribution is -2.28. The van der Waals surface area contributed by atoms with Crippen LogP contribution in [0.4, 0.5) is 17.1 Å². The van der Waals surface area contributed by atoms with Crippen molar-refractivity contribution in [1.29, 1.82) is 0 Å². The Kier molecular flexibility index (Phi) is 9.77. The first kappa shape index (κ1) is 40.3. The van der Waals surface area contributed by atoms with Crippen LogP contribution in [0, 0.1) is 0 Å². The lowest BCUT2D eigenvalue weighted by Gasteiger charge is -2.34. The zero-order chi connectivity index (χ0) is 45.7. The second-order valence-electron chi connectivity index (χ2n) is 18.0. The Labute approximate surface area is 402 Å². The van der Waals surface area contributed by atoms with Crippen LogP contribution in [0.3, 0.4) is 0 Å². The van der Waals surface area contributed by atoms with E-state index in [1.165, 1.54) is 61.2 Å². The quantitative estimate of drug-likeness (QED) is 0.144. The molecule has 1 heterocycles. The van der Waals surface area contributed by atoms with E-state index < -0.39 is 5.41 Å². The standard InChI is InChI=1S/C67H45NO/c1-5-18-48(19-6-1)56-42-36-50(44-59(56)49-20-7-2-8-21-49)46-32-38-54(39-33-46)68(55-40-34-47(35-41-55)51-37-43-65-60(45-51)57-26-14-16-31-64(57)69-65)63-30-17-29-62-66(63)58-27-13-15-28-61(58)67(62,52-22-9-3-10-23-52)53-24-11-4-12-25-53/h1-45H. The van der Waals surface area contributed by atoms with Gasteiger partial charge in [-0.05, 0) is 127 Å². The molecule has 0 N–H and O–H groups in total. The van der Waals surface area contributed by atoms with Crippen LogP contribution in [-0.2, 0) is 5.41 Å². The van der Waals surface area contributed by atoms with Gasteiger partial charge in [0, 0.05) is 27.7 Å². The molecular formula is C67H45NO. The van der Waals surface area contributed by atoms with Gasteiger partial charge in [-0.3, -0.25) is 0 Å². The van der Waals surface area contributed by atoms with Crippen molar-refractivity contribution >= 4 is 39.0 Å². The molecule has 1 aromatic heterocycles. The first-order chi connectivity index (χ1) is 34.2. The molecule has 2 heteroatoms. The average molecular weight is 880 g/mol. The Morgan fingerprint density at radius 2 is 0.783 bits per heavy atom. The van der Waals surface area contributed by atoms with Gasteiger partial charge in [0.15, 0.2) is 0 Å². The third kappa shape index (κ3) is 6.72. The third-order valence-corrected chi connectivity index (χ3v) is 14.2. The summed E-state index contributed by atoms with van der Waals surface area (Å²) >= 11 is 0. The molecule has 0 unspecified atom stereocenters. The van der Waals surface area contributed by atoms with Gasteiger partial charge in [0.25, 0.3) is 0 Å². The lowest BCUT2D eigenvalue weighted by molar-refractivity contribution is 0.669. The molecule has 1 aliphatic carbocycles. The van der Waals surface area contributed by atoms with Crippen molar-refractivity contribution in [3.05, 3.63) is 295 Å². The summed E-state index contributed by atoms with van der Waals surface area (Å²) in [6.07, 6.45) is 0. The molecule has 0 bridgehead atoms. The number of hydrogen-bond donors (Lipinski definition) is 0. The lowest BCUT2D eigenvalue weighted by atomic mass is 9.68. The van der Waals surface area contributed by atoms with Crippen molar-refractivity contribution in [1.82, 2.24) is 0 Å². The van der Waals surface area contributed by atoms with E-state index in [2.05, 4.69) is 266 Å². The highest BCUT2D eigenvalue weighted by Crippen LogP contribution is 2.59. The molecule has 0 fully saturated rings. The number of fused-ring (bicyclic) bond motifs is 6. The minimum atomic E-state index is -0.526. The normalized spacial score (nSPS) is 12.5. The maximum atomic E-state index is 6.20. The van der Waals surface area contributed by atoms with Crippen molar-refractivity contribution in [3.8, 4) is 55.6 Å². The van der Waals surface area contributed by atoms with Crippen molar-refractivity contribution < 1.29 is 4.42 Å². The van der Waals surface area contributed by atoms with Gasteiger partial charge in [-0.15, -0.1) is 0 Å². The second-order valence-corrected chi connectivity index (χ2v) is 18.0. The fourth-order valence-electron chi connectivity index (χ4n) is 11.0. The molecule has 2 nitrogen and oxygen atoms in total. The predicted octanol–water partition coefficient (Wildman–Crippen LogP) is 18.1. The molecule has 11 aromatic carbocycles. The molecule has 0 spiro atoms. The van der Waals surface area contributed by atoms with Gasteiger partial charge < -0.3 is 9.32 Å². The van der Waals surface area contributed by atoms with Crippen LogP contribution < -0.4 is 4.90 Å². The van der Waals surface area contributed by atoms with Crippen LogP contribution in [0.25, 0.3) is 77.6 Å².